The van der Waals surface area contributed by atoms with Gasteiger partial charge in [-0.2, -0.15) is 4.39 Å². The normalized spacial score (nSPS) is 10.5. The van der Waals surface area contributed by atoms with Crippen LogP contribution in [0.15, 0.2) is 6.20 Å². The average molecular weight is 301 g/mol. The predicted molar refractivity (Wildman–Crippen MR) is 47.3 cm³/mol. The second kappa shape index (κ2) is 4.03. The van der Waals surface area contributed by atoms with Gasteiger partial charge in [0, 0.05) is 15.3 Å². The zero-order valence-electron chi connectivity index (χ0n) is 6.10. The Morgan fingerprint density at radius 3 is 2.54 bits per heavy atom. The fourth-order valence-electron chi connectivity index (χ4n) is 0.826. The van der Waals surface area contributed by atoms with Crippen LogP contribution in [0.3, 0.4) is 0 Å². The minimum absolute atomic E-state index is 0.0476. The number of aromatic nitrogens is 1. The topological polar surface area (TPSA) is 30.0 Å². The fraction of sp³-hybridized carbons (Fsp3) is 0.143. The SMILES string of the molecule is O=Cc1c(F)ncc(I)c1C(F)F. The summed E-state index contributed by atoms with van der Waals surface area (Å²) in [5, 5.41) is 0. The van der Waals surface area contributed by atoms with Crippen LogP contribution in [0, 0.1) is 9.52 Å². The maximum atomic E-state index is 12.7. The summed E-state index contributed by atoms with van der Waals surface area (Å²) in [4.78, 5) is 13.4. The molecule has 0 radical (unpaired) electrons. The largest absolute Gasteiger partial charge is 0.298 e. The van der Waals surface area contributed by atoms with E-state index < -0.39 is 23.5 Å². The summed E-state index contributed by atoms with van der Waals surface area (Å²) < 4.78 is 37.4. The molecule has 13 heavy (non-hydrogen) atoms. The number of hydrogen-bond acceptors (Lipinski definition) is 2. The van der Waals surface area contributed by atoms with Gasteiger partial charge in [0.05, 0.1) is 5.56 Å². The highest BCUT2D eigenvalue weighted by atomic mass is 127. The third-order valence-electron chi connectivity index (χ3n) is 1.40. The number of alkyl halides is 2. The van der Waals surface area contributed by atoms with Crippen molar-refractivity contribution >= 4 is 28.9 Å². The van der Waals surface area contributed by atoms with Crippen LogP contribution in [0.25, 0.3) is 0 Å². The standard InChI is InChI=1S/C7H3F3INO/c8-6(9)5-3(2-13)7(10)12-1-4(5)11/h1-2,6H. The van der Waals surface area contributed by atoms with Crippen LogP contribution in [0.1, 0.15) is 22.3 Å². The Labute approximate surface area is 85.3 Å². The Hall–Kier alpha value is -0.660. The lowest BCUT2D eigenvalue weighted by Crippen LogP contribution is -2.03. The molecule has 2 nitrogen and oxygen atoms in total. The molecule has 0 aromatic carbocycles. The van der Waals surface area contributed by atoms with E-state index in [-0.39, 0.29) is 9.86 Å². The van der Waals surface area contributed by atoms with Crippen molar-refractivity contribution in [1.29, 1.82) is 0 Å². The number of carbonyl (C=O) groups excluding carboxylic acids is 1. The van der Waals surface area contributed by atoms with Crippen molar-refractivity contribution in [3.05, 3.63) is 26.8 Å². The summed E-state index contributed by atoms with van der Waals surface area (Å²) in [6.45, 7) is 0. The first-order chi connectivity index (χ1) is 6.07. The molecule has 1 aromatic heterocycles. The van der Waals surface area contributed by atoms with E-state index in [2.05, 4.69) is 4.98 Å². The molecule has 0 amide bonds. The van der Waals surface area contributed by atoms with E-state index in [0.29, 0.717) is 0 Å². The molecule has 1 aromatic rings. The minimum Gasteiger partial charge on any atom is -0.298 e. The zero-order chi connectivity index (χ0) is 10.0. The Morgan fingerprint density at radius 2 is 2.15 bits per heavy atom. The van der Waals surface area contributed by atoms with Crippen molar-refractivity contribution in [3.8, 4) is 0 Å². The van der Waals surface area contributed by atoms with Crippen LogP contribution in [0.2, 0.25) is 0 Å². The highest BCUT2D eigenvalue weighted by Crippen LogP contribution is 2.27. The molecular formula is C7H3F3INO. The van der Waals surface area contributed by atoms with E-state index in [1.807, 2.05) is 0 Å². The monoisotopic (exact) mass is 301 g/mol. The molecule has 0 spiro atoms. The molecule has 0 unspecified atom stereocenters. The van der Waals surface area contributed by atoms with Crippen LogP contribution in [0.5, 0.6) is 0 Å². The summed E-state index contributed by atoms with van der Waals surface area (Å²) in [7, 11) is 0. The Kier molecular flexibility index (Phi) is 3.23. The van der Waals surface area contributed by atoms with Gasteiger partial charge in [-0.15, -0.1) is 0 Å². The zero-order valence-corrected chi connectivity index (χ0v) is 8.26. The summed E-state index contributed by atoms with van der Waals surface area (Å²) in [6.07, 6.45) is -1.86. The van der Waals surface area contributed by atoms with Gasteiger partial charge in [-0.05, 0) is 22.6 Å². The average Bonchev–Trinajstić information content (AvgIpc) is 2.07. The summed E-state index contributed by atoms with van der Waals surface area (Å²) in [6, 6.07) is 0. The molecule has 0 atom stereocenters. The van der Waals surface area contributed by atoms with Crippen LogP contribution in [-0.4, -0.2) is 11.3 Å². The van der Waals surface area contributed by atoms with Crippen LogP contribution in [-0.2, 0) is 0 Å². The van der Waals surface area contributed by atoms with Gasteiger partial charge in [-0.1, -0.05) is 0 Å². The predicted octanol–water partition coefficient (Wildman–Crippen LogP) is 2.58. The van der Waals surface area contributed by atoms with E-state index >= 15 is 0 Å². The van der Waals surface area contributed by atoms with Gasteiger partial charge in [0.25, 0.3) is 6.43 Å². The lowest BCUT2D eigenvalue weighted by Gasteiger charge is -2.05. The van der Waals surface area contributed by atoms with E-state index in [1.165, 1.54) is 0 Å². The van der Waals surface area contributed by atoms with Gasteiger partial charge in [0.2, 0.25) is 5.95 Å². The fourth-order valence-corrected chi connectivity index (χ4v) is 1.49. The molecule has 0 fully saturated rings. The highest BCUT2D eigenvalue weighted by molar-refractivity contribution is 14.1. The first-order valence-electron chi connectivity index (χ1n) is 3.15. The third-order valence-corrected chi connectivity index (χ3v) is 2.26. The third kappa shape index (κ3) is 1.98. The second-order valence-electron chi connectivity index (χ2n) is 2.14. The number of carbonyl (C=O) groups is 1. The highest BCUT2D eigenvalue weighted by Gasteiger charge is 2.20. The number of pyridine rings is 1. The van der Waals surface area contributed by atoms with Crippen molar-refractivity contribution in [3.63, 3.8) is 0 Å². The van der Waals surface area contributed by atoms with E-state index in [1.54, 1.807) is 22.6 Å². The molecule has 1 heterocycles. The Balaban J connectivity index is 3.43. The lowest BCUT2D eigenvalue weighted by molar-refractivity contribution is 0.110. The molecule has 1 rings (SSSR count). The van der Waals surface area contributed by atoms with Gasteiger partial charge < -0.3 is 0 Å². The number of rotatable bonds is 2. The van der Waals surface area contributed by atoms with Gasteiger partial charge in [0.15, 0.2) is 6.29 Å². The molecule has 0 saturated carbocycles. The van der Waals surface area contributed by atoms with Gasteiger partial charge >= 0.3 is 0 Å². The van der Waals surface area contributed by atoms with Gasteiger partial charge in [-0.3, -0.25) is 4.79 Å². The first-order valence-corrected chi connectivity index (χ1v) is 4.23. The first kappa shape index (κ1) is 10.4. The molecule has 0 aliphatic rings. The van der Waals surface area contributed by atoms with Crippen LogP contribution in [0.4, 0.5) is 13.2 Å². The number of hydrogen-bond donors (Lipinski definition) is 0. The second-order valence-corrected chi connectivity index (χ2v) is 3.31. The molecule has 0 saturated heterocycles. The van der Waals surface area contributed by atoms with Crippen molar-refractivity contribution in [2.24, 2.45) is 0 Å². The maximum absolute atomic E-state index is 12.7. The van der Waals surface area contributed by atoms with Crippen molar-refractivity contribution in [1.82, 2.24) is 4.98 Å². The molecule has 0 aliphatic heterocycles. The molecule has 0 N–H and O–H groups in total. The lowest BCUT2D eigenvalue weighted by atomic mass is 10.1. The summed E-state index contributed by atoms with van der Waals surface area (Å²) >= 11 is 1.57. The molecular weight excluding hydrogens is 298 g/mol. The van der Waals surface area contributed by atoms with E-state index in [0.717, 1.165) is 6.20 Å². The summed E-state index contributed by atoms with van der Waals surface area (Å²) in [5.74, 6) is -1.16. The number of halogens is 4. The molecule has 0 aliphatic carbocycles. The van der Waals surface area contributed by atoms with Crippen LogP contribution >= 0.6 is 22.6 Å². The van der Waals surface area contributed by atoms with Crippen molar-refractivity contribution in [2.45, 2.75) is 6.43 Å². The maximum Gasteiger partial charge on any atom is 0.265 e. The summed E-state index contributed by atoms with van der Waals surface area (Å²) in [5.41, 5.74) is -1.26. The van der Waals surface area contributed by atoms with Crippen molar-refractivity contribution in [2.75, 3.05) is 0 Å². The van der Waals surface area contributed by atoms with E-state index in [4.69, 9.17) is 0 Å². The minimum atomic E-state index is -2.87. The number of nitrogens with zero attached hydrogens (tertiary/aromatic N) is 1. The number of aldehydes is 1. The quantitative estimate of drug-likeness (QED) is 0.477. The van der Waals surface area contributed by atoms with E-state index in [9.17, 15) is 18.0 Å². The van der Waals surface area contributed by atoms with Gasteiger partial charge in [-0.25, -0.2) is 13.8 Å². The van der Waals surface area contributed by atoms with Gasteiger partial charge in [0.1, 0.15) is 0 Å². The molecule has 6 heteroatoms. The van der Waals surface area contributed by atoms with Crippen molar-refractivity contribution < 1.29 is 18.0 Å². The smallest absolute Gasteiger partial charge is 0.265 e. The molecule has 0 bridgehead atoms. The Bertz CT molecular complexity index is 343. The van der Waals surface area contributed by atoms with Crippen LogP contribution < -0.4 is 0 Å². The Morgan fingerprint density at radius 1 is 1.54 bits per heavy atom. The molecule has 70 valence electrons.